The number of nitrogens with zero attached hydrogens (tertiary/aromatic N) is 3. The van der Waals surface area contributed by atoms with E-state index in [1.807, 2.05) is 6.07 Å². The first-order valence-corrected chi connectivity index (χ1v) is 6.94. The van der Waals surface area contributed by atoms with E-state index in [-0.39, 0.29) is 16.9 Å². The van der Waals surface area contributed by atoms with Crippen LogP contribution in [0.4, 0.5) is 5.95 Å². The first kappa shape index (κ1) is 13.8. The zero-order valence-electron chi connectivity index (χ0n) is 10.7. The maximum Gasteiger partial charge on any atom is 0.336 e. The number of hydrogen-bond acceptors (Lipinski definition) is 6. The molecule has 0 amide bonds. The first-order chi connectivity index (χ1) is 9.46. The number of methoxy groups -OCH3 is 1. The molecule has 0 saturated heterocycles. The summed E-state index contributed by atoms with van der Waals surface area (Å²) in [6, 6.07) is 6.21. The lowest BCUT2D eigenvalue weighted by Gasteiger charge is -2.06. The maximum absolute atomic E-state index is 12.1. The zero-order chi connectivity index (χ0) is 14.8. The van der Waals surface area contributed by atoms with Gasteiger partial charge in [0.15, 0.2) is 0 Å². The fourth-order valence-electron chi connectivity index (χ4n) is 1.50. The molecule has 0 bridgehead atoms. The molecule has 8 nitrogen and oxygen atoms in total. The molecular weight excluding hydrogens is 282 g/mol. The second-order valence-electron chi connectivity index (χ2n) is 3.86. The molecule has 0 unspecified atom stereocenters. The number of nitrogens with one attached hydrogen (secondary N) is 2. The maximum atomic E-state index is 12.1. The molecule has 0 aliphatic heterocycles. The molecule has 2 aromatic rings. The summed E-state index contributed by atoms with van der Waals surface area (Å²) in [5, 5.41) is 14.8. The standard InChI is InChI=1S/C11H11N5O3S/c1-7-5-9(4-3-8(7)6-12)20(17,18)16-10-13-11(19-2)15-14-10/h3-5H,1-2H3,(H2,13,14,15,16). The van der Waals surface area contributed by atoms with Crippen LogP contribution >= 0.6 is 0 Å². The predicted octanol–water partition coefficient (Wildman–Crippen LogP) is 0.794. The van der Waals surface area contributed by atoms with Crippen LogP contribution in [0.1, 0.15) is 11.1 Å². The molecule has 0 fully saturated rings. The van der Waals surface area contributed by atoms with Gasteiger partial charge in [-0.05, 0) is 30.7 Å². The van der Waals surface area contributed by atoms with E-state index in [0.29, 0.717) is 11.1 Å². The number of aromatic nitrogens is 3. The van der Waals surface area contributed by atoms with E-state index in [0.717, 1.165) is 0 Å². The van der Waals surface area contributed by atoms with Crippen molar-refractivity contribution >= 4 is 16.0 Å². The highest BCUT2D eigenvalue weighted by Crippen LogP contribution is 2.17. The van der Waals surface area contributed by atoms with E-state index in [2.05, 4.69) is 19.9 Å². The first-order valence-electron chi connectivity index (χ1n) is 5.46. The molecular formula is C11H11N5O3S. The fourth-order valence-corrected chi connectivity index (χ4v) is 2.54. The Balaban J connectivity index is 2.31. The second kappa shape index (κ2) is 5.18. The highest BCUT2D eigenvalue weighted by molar-refractivity contribution is 7.92. The number of benzene rings is 1. The summed E-state index contributed by atoms with van der Waals surface area (Å²) in [7, 11) is -2.44. The normalized spacial score (nSPS) is 10.8. The van der Waals surface area contributed by atoms with Gasteiger partial charge in [0.25, 0.3) is 10.0 Å². The number of ether oxygens (including phenoxy) is 1. The number of aromatic amines is 1. The largest absolute Gasteiger partial charge is 0.466 e. The number of sulfonamides is 1. The third-order valence-electron chi connectivity index (χ3n) is 2.51. The number of nitriles is 1. The highest BCUT2D eigenvalue weighted by Gasteiger charge is 2.17. The summed E-state index contributed by atoms with van der Waals surface area (Å²) < 4.78 is 31.2. The molecule has 2 rings (SSSR count). The minimum atomic E-state index is -3.80. The van der Waals surface area contributed by atoms with Gasteiger partial charge in [0.05, 0.1) is 23.6 Å². The van der Waals surface area contributed by atoms with E-state index >= 15 is 0 Å². The van der Waals surface area contributed by atoms with Crippen molar-refractivity contribution in [3.8, 4) is 12.1 Å². The van der Waals surface area contributed by atoms with Gasteiger partial charge < -0.3 is 4.74 Å². The summed E-state index contributed by atoms with van der Waals surface area (Å²) in [6.07, 6.45) is 0. The van der Waals surface area contributed by atoms with Crippen molar-refractivity contribution in [2.45, 2.75) is 11.8 Å². The number of anilines is 1. The Bertz CT molecular complexity index is 776. The van der Waals surface area contributed by atoms with Crippen LogP contribution in [0.25, 0.3) is 0 Å². The van der Waals surface area contributed by atoms with Crippen LogP contribution in [0, 0.1) is 18.3 Å². The molecule has 0 aliphatic carbocycles. The zero-order valence-corrected chi connectivity index (χ0v) is 11.5. The topological polar surface area (TPSA) is 121 Å². The molecule has 0 aliphatic rings. The van der Waals surface area contributed by atoms with E-state index < -0.39 is 10.0 Å². The predicted molar refractivity (Wildman–Crippen MR) is 69.6 cm³/mol. The van der Waals surface area contributed by atoms with Gasteiger partial charge in [0.1, 0.15) is 0 Å². The van der Waals surface area contributed by atoms with Crippen LogP contribution in [0.2, 0.25) is 0 Å². The number of aryl methyl sites for hydroxylation is 1. The molecule has 104 valence electrons. The van der Waals surface area contributed by atoms with Gasteiger partial charge >= 0.3 is 6.01 Å². The Kier molecular flexibility index (Phi) is 3.58. The molecule has 0 saturated carbocycles. The van der Waals surface area contributed by atoms with Crippen LogP contribution in [0.5, 0.6) is 6.01 Å². The molecule has 0 radical (unpaired) electrons. The van der Waals surface area contributed by atoms with E-state index in [1.165, 1.54) is 25.3 Å². The molecule has 1 heterocycles. The van der Waals surface area contributed by atoms with Crippen molar-refractivity contribution in [2.24, 2.45) is 0 Å². The number of H-pyrrole nitrogens is 1. The Labute approximate surface area is 115 Å². The third-order valence-corrected chi connectivity index (χ3v) is 3.84. The van der Waals surface area contributed by atoms with Gasteiger partial charge in [0, 0.05) is 0 Å². The third kappa shape index (κ3) is 2.70. The smallest absolute Gasteiger partial charge is 0.336 e. The average molecular weight is 293 g/mol. The summed E-state index contributed by atoms with van der Waals surface area (Å²) in [5.41, 5.74) is 0.996. The lowest BCUT2D eigenvalue weighted by Crippen LogP contribution is -2.14. The van der Waals surface area contributed by atoms with E-state index in [1.54, 1.807) is 6.92 Å². The Morgan fingerprint density at radius 2 is 2.20 bits per heavy atom. The fraction of sp³-hybridized carbons (Fsp3) is 0.182. The Morgan fingerprint density at radius 1 is 1.45 bits per heavy atom. The SMILES string of the molecule is COc1n[nH]c(NS(=O)(=O)c2ccc(C#N)c(C)c2)n1. The van der Waals surface area contributed by atoms with Crippen LogP contribution in [0.15, 0.2) is 23.1 Å². The van der Waals surface area contributed by atoms with E-state index in [4.69, 9.17) is 10.00 Å². The van der Waals surface area contributed by atoms with Gasteiger partial charge in [-0.15, -0.1) is 5.10 Å². The van der Waals surface area contributed by atoms with Crippen molar-refractivity contribution in [3.05, 3.63) is 29.3 Å². The average Bonchev–Trinajstić information content (AvgIpc) is 2.85. The van der Waals surface area contributed by atoms with Crippen molar-refractivity contribution in [3.63, 3.8) is 0 Å². The Morgan fingerprint density at radius 3 is 2.75 bits per heavy atom. The molecule has 0 atom stereocenters. The summed E-state index contributed by atoms with van der Waals surface area (Å²) in [6.45, 7) is 1.66. The highest BCUT2D eigenvalue weighted by atomic mass is 32.2. The van der Waals surface area contributed by atoms with Gasteiger partial charge in [-0.3, -0.25) is 0 Å². The van der Waals surface area contributed by atoms with Gasteiger partial charge in [-0.1, -0.05) is 0 Å². The van der Waals surface area contributed by atoms with Crippen molar-refractivity contribution in [2.75, 3.05) is 11.8 Å². The Hall–Kier alpha value is -2.60. The summed E-state index contributed by atoms with van der Waals surface area (Å²) in [5.74, 6) is -0.0520. The second-order valence-corrected chi connectivity index (χ2v) is 5.55. The van der Waals surface area contributed by atoms with Gasteiger partial charge in [-0.2, -0.15) is 10.2 Å². The van der Waals surface area contributed by atoms with Crippen LogP contribution in [0.3, 0.4) is 0 Å². The van der Waals surface area contributed by atoms with Crippen LogP contribution < -0.4 is 9.46 Å². The molecule has 1 aromatic carbocycles. The van der Waals surface area contributed by atoms with Crippen LogP contribution in [-0.4, -0.2) is 30.7 Å². The lowest BCUT2D eigenvalue weighted by atomic mass is 10.1. The number of rotatable bonds is 4. The molecule has 20 heavy (non-hydrogen) atoms. The van der Waals surface area contributed by atoms with E-state index in [9.17, 15) is 8.42 Å². The van der Waals surface area contributed by atoms with Gasteiger partial charge in [-0.25, -0.2) is 18.2 Å². The van der Waals surface area contributed by atoms with Crippen molar-refractivity contribution in [1.29, 1.82) is 5.26 Å². The quantitative estimate of drug-likeness (QED) is 0.859. The summed E-state index contributed by atoms with van der Waals surface area (Å²) in [4.78, 5) is 3.80. The number of hydrogen-bond donors (Lipinski definition) is 2. The minimum absolute atomic E-state index is 0.0266. The molecule has 2 N–H and O–H groups in total. The molecule has 9 heteroatoms. The minimum Gasteiger partial charge on any atom is -0.466 e. The lowest BCUT2D eigenvalue weighted by molar-refractivity contribution is 0.382. The molecule has 0 spiro atoms. The van der Waals surface area contributed by atoms with Crippen molar-refractivity contribution < 1.29 is 13.2 Å². The van der Waals surface area contributed by atoms with Gasteiger partial charge in [0.2, 0.25) is 5.95 Å². The molecule has 1 aromatic heterocycles. The van der Waals surface area contributed by atoms with Crippen molar-refractivity contribution in [1.82, 2.24) is 15.2 Å². The summed E-state index contributed by atoms with van der Waals surface area (Å²) >= 11 is 0. The van der Waals surface area contributed by atoms with Crippen LogP contribution in [-0.2, 0) is 10.0 Å². The monoisotopic (exact) mass is 293 g/mol.